The maximum absolute atomic E-state index is 15.7. The number of carbonyl (C=O) groups is 4. The Morgan fingerprint density at radius 2 is 1.45 bits per heavy atom. The quantitative estimate of drug-likeness (QED) is 0.144. The van der Waals surface area contributed by atoms with Crippen LogP contribution in [0.3, 0.4) is 0 Å². The molecule has 2 aliphatic rings. The van der Waals surface area contributed by atoms with Gasteiger partial charge >= 0.3 is 12.2 Å². The second kappa shape index (κ2) is 17.6. The number of H-pyrrole nitrogens is 2. The Hall–Kier alpha value is -5.42. The lowest BCUT2D eigenvalue weighted by atomic mass is 10.0. The van der Waals surface area contributed by atoms with Crippen molar-refractivity contribution in [3.05, 3.63) is 72.3 Å². The number of likely N-dealkylation sites (tertiary alicyclic amines) is 2. The van der Waals surface area contributed by atoms with Gasteiger partial charge in [-0.3, -0.25) is 9.59 Å². The van der Waals surface area contributed by atoms with Crippen molar-refractivity contribution in [3.63, 3.8) is 0 Å². The van der Waals surface area contributed by atoms with Gasteiger partial charge in [0.2, 0.25) is 11.8 Å². The number of rotatable bonds is 12. The highest BCUT2D eigenvalue weighted by Gasteiger charge is 2.40. The highest BCUT2D eigenvalue weighted by molar-refractivity contribution is 7.99. The molecule has 0 aliphatic carbocycles. The van der Waals surface area contributed by atoms with Crippen molar-refractivity contribution >= 4 is 35.8 Å². The molecule has 4 aromatic rings. The third-order valence-electron chi connectivity index (χ3n) is 10.5. The summed E-state index contributed by atoms with van der Waals surface area (Å²) >= 11 is 1.67. The van der Waals surface area contributed by atoms with Crippen LogP contribution in [0.1, 0.15) is 56.8 Å². The molecule has 2 saturated heterocycles. The van der Waals surface area contributed by atoms with E-state index in [2.05, 4.69) is 35.3 Å². The van der Waals surface area contributed by atoms with Crippen molar-refractivity contribution in [2.75, 3.05) is 40.7 Å². The number of halogens is 1. The highest BCUT2D eigenvalue weighted by Crippen LogP contribution is 2.38. The van der Waals surface area contributed by atoms with Gasteiger partial charge in [-0.2, -0.15) is 11.8 Å². The predicted octanol–water partition coefficient (Wildman–Crippen LogP) is 5.45. The summed E-state index contributed by atoms with van der Waals surface area (Å²) in [5, 5.41) is 5.33. The topological polar surface area (TPSA) is 184 Å². The van der Waals surface area contributed by atoms with Crippen LogP contribution in [0.5, 0.6) is 0 Å². The number of ether oxygens (including phenoxy) is 3. The van der Waals surface area contributed by atoms with E-state index < -0.39 is 36.2 Å². The van der Waals surface area contributed by atoms with Gasteiger partial charge in [-0.05, 0) is 56.6 Å². The van der Waals surface area contributed by atoms with E-state index in [0.717, 1.165) is 17.7 Å². The number of nitrogens with zero attached hydrogens (tertiary/aromatic N) is 4. The zero-order chi connectivity index (χ0) is 40.1. The van der Waals surface area contributed by atoms with Crippen LogP contribution in [0.25, 0.3) is 33.6 Å². The van der Waals surface area contributed by atoms with Crippen molar-refractivity contribution in [3.8, 4) is 33.6 Å². The monoisotopic (exact) mass is 790 g/mol. The van der Waals surface area contributed by atoms with E-state index in [-0.39, 0.29) is 29.1 Å². The van der Waals surface area contributed by atoms with Gasteiger partial charge in [0.1, 0.15) is 29.5 Å². The molecule has 15 nitrogen and oxygen atoms in total. The van der Waals surface area contributed by atoms with Gasteiger partial charge in [-0.25, -0.2) is 23.9 Å². The van der Waals surface area contributed by atoms with E-state index in [1.54, 1.807) is 53.9 Å². The molecule has 0 saturated carbocycles. The number of amides is 4. The minimum atomic E-state index is -0.928. The number of hydrogen-bond donors (Lipinski definition) is 4. The smallest absolute Gasteiger partial charge is 0.407 e. The zero-order valence-corrected chi connectivity index (χ0v) is 32.9. The van der Waals surface area contributed by atoms with Crippen LogP contribution in [0.4, 0.5) is 14.0 Å². The first-order valence-corrected chi connectivity index (χ1v) is 19.6. The molecule has 2 aliphatic heterocycles. The number of aromatic nitrogens is 4. The number of methoxy groups -OCH3 is 3. The molecule has 298 valence electrons. The number of nitrogens with one attached hydrogen (secondary N) is 4. The van der Waals surface area contributed by atoms with Crippen molar-refractivity contribution in [2.24, 2.45) is 0 Å². The largest absolute Gasteiger partial charge is 0.453 e. The fourth-order valence-corrected chi connectivity index (χ4v) is 7.95. The van der Waals surface area contributed by atoms with Gasteiger partial charge in [0.05, 0.1) is 56.2 Å². The van der Waals surface area contributed by atoms with E-state index in [1.807, 2.05) is 36.6 Å². The van der Waals surface area contributed by atoms with Gasteiger partial charge in [-0.15, -0.1) is 0 Å². The summed E-state index contributed by atoms with van der Waals surface area (Å²) in [6.45, 7) is 4.34. The van der Waals surface area contributed by atoms with Crippen LogP contribution in [0, 0.1) is 5.82 Å². The molecule has 4 heterocycles. The summed E-state index contributed by atoms with van der Waals surface area (Å²) < 4.78 is 30.5. The summed E-state index contributed by atoms with van der Waals surface area (Å²) in [4.78, 5) is 69.9. The fraction of sp³-hybridized carbons (Fsp3) is 0.436. The summed E-state index contributed by atoms with van der Waals surface area (Å²) in [6.07, 6.45) is 5.52. The third kappa shape index (κ3) is 8.53. The first kappa shape index (κ1) is 40.2. The number of alkyl carbamates (subject to hydrolysis) is 2. The van der Waals surface area contributed by atoms with Gasteiger partial charge in [0.25, 0.3) is 0 Å². The zero-order valence-electron chi connectivity index (χ0n) is 32.1. The molecule has 2 aromatic heterocycles. The fourth-order valence-electron chi connectivity index (χ4n) is 7.26. The molecule has 0 bridgehead atoms. The van der Waals surface area contributed by atoms with Gasteiger partial charge in [-0.1, -0.05) is 36.4 Å². The molecule has 0 radical (unpaired) electrons. The molecule has 2 fully saturated rings. The molecule has 4 amide bonds. The van der Waals surface area contributed by atoms with Crippen LogP contribution in [-0.4, -0.2) is 118 Å². The van der Waals surface area contributed by atoms with Crippen LogP contribution in [0.2, 0.25) is 0 Å². The first-order chi connectivity index (χ1) is 27.0. The van der Waals surface area contributed by atoms with E-state index in [1.165, 1.54) is 27.4 Å². The average molecular weight is 791 g/mol. The summed E-state index contributed by atoms with van der Waals surface area (Å²) in [7, 11) is 3.96. The Bertz CT molecular complexity index is 2040. The minimum absolute atomic E-state index is 0.191. The van der Waals surface area contributed by atoms with Crippen molar-refractivity contribution in [1.29, 1.82) is 0 Å². The molecular weight excluding hydrogens is 744 g/mol. The van der Waals surface area contributed by atoms with Crippen LogP contribution in [0.15, 0.2) is 54.9 Å². The lowest BCUT2D eigenvalue weighted by molar-refractivity contribution is -0.137. The minimum Gasteiger partial charge on any atom is -0.453 e. The SMILES string of the molecule is COC(=O)N[C@@H](C)C(=O)N1C[C@@H](SC)C[C@H]1c1ncc(-c2ccc(-c3ccc(-c4cnc([C@@H]5CCCN5C(=O)[C@@H](NC(=O)OC)[C@@H](C)OC)[nH]4)cc3)c(F)c2)[nH]1. The second-order valence-electron chi connectivity index (χ2n) is 13.8. The van der Waals surface area contributed by atoms with Gasteiger partial charge in [0.15, 0.2) is 0 Å². The van der Waals surface area contributed by atoms with E-state index in [0.29, 0.717) is 60.0 Å². The lowest BCUT2D eigenvalue weighted by Crippen LogP contribution is -2.54. The van der Waals surface area contributed by atoms with Gasteiger partial charge in [0, 0.05) is 36.6 Å². The van der Waals surface area contributed by atoms with E-state index in [4.69, 9.17) is 9.47 Å². The summed E-state index contributed by atoms with van der Waals surface area (Å²) in [6, 6.07) is 10.1. The molecule has 0 spiro atoms. The number of benzene rings is 2. The Labute approximate surface area is 328 Å². The lowest BCUT2D eigenvalue weighted by Gasteiger charge is -2.30. The van der Waals surface area contributed by atoms with Crippen LogP contribution >= 0.6 is 11.8 Å². The summed E-state index contributed by atoms with van der Waals surface area (Å²) in [5.74, 6) is 0.279. The standard InChI is InChI=1S/C39H47FN8O7S/c1-21(43-38(51)54-4)36(49)48-20-26(56-6)17-32(48)35-42-19-30(45-35)25-13-14-27(28(40)16-25)23-9-11-24(12-10-23)29-18-41-34(44-29)31-8-7-15-47(31)37(50)33(22(2)53-3)46-39(52)55-5/h9-14,16,18-19,21-22,26,31-33H,7-8,15,17,20H2,1-6H3,(H,41,44)(H,42,45)(H,43,51)(H,46,52)/t21-,22+,26-,31-,32-,33-/m0/s1. The van der Waals surface area contributed by atoms with E-state index >= 15 is 4.39 Å². The highest BCUT2D eigenvalue weighted by atomic mass is 32.2. The van der Waals surface area contributed by atoms with Crippen LogP contribution in [-0.2, 0) is 23.8 Å². The Morgan fingerprint density at radius 3 is 2.07 bits per heavy atom. The number of carbonyl (C=O) groups excluding carboxylic acids is 4. The Balaban J connectivity index is 1.14. The predicted molar refractivity (Wildman–Crippen MR) is 208 cm³/mol. The molecule has 6 atom stereocenters. The summed E-state index contributed by atoms with van der Waals surface area (Å²) in [5.41, 5.74) is 3.91. The molecule has 56 heavy (non-hydrogen) atoms. The maximum atomic E-state index is 15.7. The molecule has 0 unspecified atom stereocenters. The third-order valence-corrected chi connectivity index (χ3v) is 11.5. The number of hydrogen-bond acceptors (Lipinski definition) is 10. The molecular formula is C39H47FN8O7S. The molecule has 6 rings (SSSR count). The number of imidazole rings is 2. The maximum Gasteiger partial charge on any atom is 0.407 e. The molecule has 2 aromatic carbocycles. The average Bonchev–Trinajstić information content (AvgIpc) is 4.05. The van der Waals surface area contributed by atoms with Crippen molar-refractivity contribution in [2.45, 2.75) is 68.6 Å². The second-order valence-corrected chi connectivity index (χ2v) is 15.0. The van der Waals surface area contributed by atoms with Crippen molar-refractivity contribution < 1.29 is 37.8 Å². The first-order valence-electron chi connectivity index (χ1n) is 18.3. The van der Waals surface area contributed by atoms with Gasteiger partial charge < -0.3 is 44.6 Å². The number of thioether (sulfide) groups is 1. The van der Waals surface area contributed by atoms with Crippen molar-refractivity contribution in [1.82, 2.24) is 40.4 Å². The normalized spacial score (nSPS) is 19.7. The van der Waals surface area contributed by atoms with E-state index in [9.17, 15) is 19.2 Å². The number of aromatic amines is 2. The molecule has 17 heteroatoms. The van der Waals surface area contributed by atoms with Crippen LogP contribution < -0.4 is 10.6 Å². The Kier molecular flexibility index (Phi) is 12.6. The Morgan fingerprint density at radius 1 is 0.839 bits per heavy atom. The molecule has 4 N–H and O–H groups in total.